The summed E-state index contributed by atoms with van der Waals surface area (Å²) >= 11 is 0. The summed E-state index contributed by atoms with van der Waals surface area (Å²) in [7, 11) is 0. The van der Waals surface area contributed by atoms with Gasteiger partial charge in [0.25, 0.3) is 0 Å². The Kier molecular flexibility index (Phi) is 7.14. The highest BCUT2D eigenvalue weighted by atomic mass is 19.4. The lowest BCUT2D eigenvalue weighted by Crippen LogP contribution is -2.38. The van der Waals surface area contributed by atoms with Crippen LogP contribution in [-0.4, -0.2) is 37.7 Å². The molecule has 14 heteroatoms. The first-order chi connectivity index (χ1) is 21.3. The minimum atomic E-state index is -4.53. The average molecular weight is 622 g/mol. The summed E-state index contributed by atoms with van der Waals surface area (Å²) < 4.78 is 72.5. The molecule has 2 aliphatic rings. The van der Waals surface area contributed by atoms with Crippen molar-refractivity contribution in [3.05, 3.63) is 70.4 Å². The van der Waals surface area contributed by atoms with Crippen LogP contribution >= 0.6 is 0 Å². The Balaban J connectivity index is 1.46. The van der Waals surface area contributed by atoms with Crippen LogP contribution in [0.25, 0.3) is 10.9 Å². The van der Waals surface area contributed by atoms with Crippen molar-refractivity contribution in [1.82, 2.24) is 25.0 Å². The number of nitrogens with one attached hydrogen (secondary N) is 2. The van der Waals surface area contributed by atoms with Crippen molar-refractivity contribution in [2.45, 2.75) is 64.2 Å². The van der Waals surface area contributed by atoms with Gasteiger partial charge in [-0.05, 0) is 70.6 Å². The van der Waals surface area contributed by atoms with Crippen LogP contribution in [0.2, 0.25) is 0 Å². The number of anilines is 2. The topological polar surface area (TPSA) is 128 Å². The highest BCUT2D eigenvalue weighted by Gasteiger charge is 2.58. The van der Waals surface area contributed by atoms with E-state index in [1.807, 2.05) is 12.1 Å². The quantitative estimate of drug-likeness (QED) is 0.157. The Labute approximate surface area is 255 Å². The molecular weight excluding hydrogens is 593 g/mol. The van der Waals surface area contributed by atoms with E-state index in [0.29, 0.717) is 11.5 Å². The summed E-state index contributed by atoms with van der Waals surface area (Å²) in [5.41, 5.74) is -1.47. The predicted octanol–water partition coefficient (Wildman–Crippen LogP) is 6.65. The van der Waals surface area contributed by atoms with Crippen LogP contribution in [0.1, 0.15) is 73.7 Å². The molecule has 2 fully saturated rings. The van der Waals surface area contributed by atoms with Crippen LogP contribution in [-0.2, 0) is 5.54 Å². The molecule has 3 aromatic heterocycles. The number of nitrogens with zero attached hydrogens (tertiary/aromatic N) is 7. The van der Waals surface area contributed by atoms with Crippen molar-refractivity contribution in [3.63, 3.8) is 0 Å². The first-order valence-electron chi connectivity index (χ1n) is 14.4. The van der Waals surface area contributed by atoms with E-state index >= 15 is 4.39 Å². The second-order valence-electron chi connectivity index (χ2n) is 12.4. The number of hydrogen-bond donors (Lipinski definition) is 2. The zero-order valence-corrected chi connectivity index (χ0v) is 24.6. The molecule has 232 valence electrons. The molecule has 0 unspecified atom stereocenters. The molecule has 0 bridgehead atoms. The zero-order valence-electron chi connectivity index (χ0n) is 24.6. The number of aromatic nitrogens is 5. The Morgan fingerprint density at radius 1 is 1.09 bits per heavy atom. The number of halogens is 5. The Hall–Kier alpha value is -4.85. The molecule has 0 spiro atoms. The van der Waals surface area contributed by atoms with Gasteiger partial charge in [-0.3, -0.25) is 4.98 Å². The Bertz CT molecular complexity index is 1890. The summed E-state index contributed by atoms with van der Waals surface area (Å²) in [6.07, 6.45) is 0.211. The molecule has 2 aliphatic carbocycles. The van der Waals surface area contributed by atoms with E-state index in [1.54, 1.807) is 6.92 Å². The number of pyridine rings is 2. The maximum absolute atomic E-state index is 16.2. The molecule has 4 aromatic rings. The van der Waals surface area contributed by atoms with Gasteiger partial charge in [0.2, 0.25) is 11.9 Å². The van der Waals surface area contributed by atoms with E-state index in [0.717, 1.165) is 45.6 Å². The fourth-order valence-corrected chi connectivity index (χ4v) is 5.75. The second-order valence-corrected chi connectivity index (χ2v) is 12.4. The number of fused-ring (bicyclic) bond motifs is 1. The van der Waals surface area contributed by atoms with Gasteiger partial charge in [-0.15, -0.1) is 5.10 Å². The first-order valence-corrected chi connectivity index (χ1v) is 14.4. The van der Waals surface area contributed by atoms with E-state index in [-0.39, 0.29) is 44.8 Å². The van der Waals surface area contributed by atoms with E-state index in [1.165, 1.54) is 29.1 Å². The highest BCUT2D eigenvalue weighted by molar-refractivity contribution is 5.99. The van der Waals surface area contributed by atoms with Gasteiger partial charge in [-0.1, -0.05) is 11.3 Å². The van der Waals surface area contributed by atoms with E-state index in [2.05, 4.69) is 30.9 Å². The fourth-order valence-electron chi connectivity index (χ4n) is 5.75. The Morgan fingerprint density at radius 3 is 2.40 bits per heavy atom. The molecule has 45 heavy (non-hydrogen) atoms. The number of alkyl halides is 3. The SMILES string of the molecule is Cc1nc(F)ccc1[C@H](Nc1cc(C#N)c2ncc(C#N)c(NCC(C)(C)C(F)(F)F)c2c1)c1nnn(C2(C3CC3)CC2)c1F. The van der Waals surface area contributed by atoms with E-state index in [9.17, 15) is 28.1 Å². The van der Waals surface area contributed by atoms with Crippen molar-refractivity contribution in [2.75, 3.05) is 17.2 Å². The molecule has 0 aliphatic heterocycles. The predicted molar refractivity (Wildman–Crippen MR) is 154 cm³/mol. The lowest BCUT2D eigenvalue weighted by Gasteiger charge is -2.28. The van der Waals surface area contributed by atoms with Crippen molar-refractivity contribution < 1.29 is 22.0 Å². The van der Waals surface area contributed by atoms with Crippen LogP contribution in [0, 0.1) is 52.8 Å². The van der Waals surface area contributed by atoms with Gasteiger partial charge in [0.15, 0.2) is 0 Å². The number of hydrogen-bond acceptors (Lipinski definition) is 8. The van der Waals surface area contributed by atoms with Gasteiger partial charge < -0.3 is 10.6 Å². The van der Waals surface area contributed by atoms with Crippen LogP contribution < -0.4 is 10.6 Å². The summed E-state index contributed by atoms with van der Waals surface area (Å²) in [6, 6.07) is 8.51. The zero-order chi connectivity index (χ0) is 32.3. The van der Waals surface area contributed by atoms with Crippen molar-refractivity contribution in [2.24, 2.45) is 11.3 Å². The number of aryl methyl sites for hydroxylation is 1. The van der Waals surface area contributed by atoms with Crippen LogP contribution in [0.4, 0.5) is 33.3 Å². The summed E-state index contributed by atoms with van der Waals surface area (Å²) in [5, 5.41) is 34.3. The molecule has 2 N–H and O–H groups in total. The molecule has 6 rings (SSSR count). The molecule has 1 atom stereocenters. The van der Waals surface area contributed by atoms with Crippen molar-refractivity contribution >= 4 is 22.3 Å². The van der Waals surface area contributed by atoms with Crippen LogP contribution in [0.3, 0.4) is 0 Å². The normalized spacial score (nSPS) is 16.6. The van der Waals surface area contributed by atoms with E-state index in [4.69, 9.17) is 0 Å². The maximum Gasteiger partial charge on any atom is 0.395 e. The van der Waals surface area contributed by atoms with Gasteiger partial charge in [0.1, 0.15) is 23.9 Å². The minimum Gasteiger partial charge on any atom is -0.382 e. The summed E-state index contributed by atoms with van der Waals surface area (Å²) in [6.45, 7) is 3.06. The van der Waals surface area contributed by atoms with Gasteiger partial charge in [0.05, 0.1) is 33.3 Å². The summed E-state index contributed by atoms with van der Waals surface area (Å²) in [5.74, 6) is -1.04. The lowest BCUT2D eigenvalue weighted by molar-refractivity contribution is -0.206. The highest BCUT2D eigenvalue weighted by Crippen LogP contribution is 2.59. The average Bonchev–Trinajstić information content (AvgIpc) is 3.92. The third kappa shape index (κ3) is 5.28. The monoisotopic (exact) mass is 621 g/mol. The first kappa shape index (κ1) is 30.2. The van der Waals surface area contributed by atoms with Crippen LogP contribution in [0.5, 0.6) is 0 Å². The lowest BCUT2D eigenvalue weighted by atomic mass is 9.92. The van der Waals surface area contributed by atoms with Gasteiger partial charge in [-0.25, -0.2) is 9.67 Å². The maximum atomic E-state index is 16.2. The van der Waals surface area contributed by atoms with Gasteiger partial charge in [0, 0.05) is 35.1 Å². The van der Waals surface area contributed by atoms with Crippen molar-refractivity contribution in [3.8, 4) is 12.1 Å². The second kappa shape index (κ2) is 10.6. The van der Waals surface area contributed by atoms with Gasteiger partial charge >= 0.3 is 6.18 Å². The molecule has 0 amide bonds. The third-order valence-electron chi connectivity index (χ3n) is 8.84. The Morgan fingerprint density at radius 2 is 1.80 bits per heavy atom. The number of benzene rings is 1. The molecule has 3 heterocycles. The standard InChI is InChI=1S/C31H28F5N9/c1-16-21(6-7-23(32)41-16)26(27-28(33)45(44-43-27)30(8-9-30)19-4-5-19)42-20-10-17(12-37)24-22(11-20)25(18(13-38)14-39-24)40-15-29(2,3)31(34,35)36/h6-7,10-11,14,19,26,42H,4-5,8-9,15H2,1-3H3,(H,39,40)/t26-/m0/s1. The minimum absolute atomic E-state index is 0.0274. The van der Waals surface area contributed by atoms with Crippen LogP contribution in [0.15, 0.2) is 30.5 Å². The van der Waals surface area contributed by atoms with E-state index < -0.39 is 41.6 Å². The number of nitriles is 2. The smallest absolute Gasteiger partial charge is 0.382 e. The molecule has 0 radical (unpaired) electrons. The molecule has 1 aromatic carbocycles. The van der Waals surface area contributed by atoms with Crippen molar-refractivity contribution in [1.29, 1.82) is 10.5 Å². The molecule has 9 nitrogen and oxygen atoms in total. The molecule has 0 saturated heterocycles. The molecular formula is C31H28F5N9. The number of rotatable bonds is 9. The fraction of sp³-hybridized carbons (Fsp3) is 0.419. The third-order valence-corrected chi connectivity index (χ3v) is 8.84. The largest absolute Gasteiger partial charge is 0.395 e. The summed E-state index contributed by atoms with van der Waals surface area (Å²) in [4.78, 5) is 8.14. The molecule has 2 saturated carbocycles. The van der Waals surface area contributed by atoms with Gasteiger partial charge in [-0.2, -0.15) is 32.5 Å².